The summed E-state index contributed by atoms with van der Waals surface area (Å²) < 4.78 is 10.6. The molecular formula is C16H18N2O3. The fraction of sp³-hybridized carbons (Fsp3) is 0.375. The van der Waals surface area contributed by atoms with Gasteiger partial charge >= 0.3 is 0 Å². The Bertz CT molecular complexity index is 644. The van der Waals surface area contributed by atoms with Crippen molar-refractivity contribution in [3.63, 3.8) is 0 Å². The number of benzene rings is 1. The van der Waals surface area contributed by atoms with Crippen LogP contribution in [-0.2, 0) is 14.3 Å². The van der Waals surface area contributed by atoms with Crippen molar-refractivity contribution in [2.75, 3.05) is 19.5 Å². The van der Waals surface area contributed by atoms with Gasteiger partial charge in [0, 0.05) is 32.2 Å². The molecule has 1 fully saturated rings. The van der Waals surface area contributed by atoms with Crippen LogP contribution in [0.1, 0.15) is 6.42 Å². The Hall–Kier alpha value is -1.98. The lowest BCUT2D eigenvalue weighted by Crippen LogP contribution is -2.53. The molecular weight excluding hydrogens is 268 g/mol. The van der Waals surface area contributed by atoms with E-state index in [1.165, 1.54) is 0 Å². The minimum atomic E-state index is -0.279. The summed E-state index contributed by atoms with van der Waals surface area (Å²) in [6, 6.07) is 9.58. The summed E-state index contributed by atoms with van der Waals surface area (Å²) in [6.45, 7) is 0. The Morgan fingerprint density at radius 2 is 1.90 bits per heavy atom. The van der Waals surface area contributed by atoms with Crippen LogP contribution in [0.3, 0.4) is 0 Å². The van der Waals surface area contributed by atoms with Gasteiger partial charge in [0.25, 0.3) is 0 Å². The Balaban J connectivity index is 1.83. The number of nitrogens with zero attached hydrogens (tertiary/aromatic N) is 1. The fourth-order valence-corrected chi connectivity index (χ4v) is 2.81. The van der Waals surface area contributed by atoms with Gasteiger partial charge in [0.05, 0.1) is 29.3 Å². The zero-order valence-corrected chi connectivity index (χ0v) is 12.1. The van der Waals surface area contributed by atoms with Crippen LogP contribution in [0.5, 0.6) is 0 Å². The minimum Gasteiger partial charge on any atom is -0.380 e. The molecule has 1 saturated carbocycles. The van der Waals surface area contributed by atoms with Gasteiger partial charge in [-0.2, -0.15) is 0 Å². The molecule has 0 aliphatic heterocycles. The number of anilines is 1. The van der Waals surface area contributed by atoms with E-state index in [0.717, 1.165) is 23.0 Å². The molecule has 2 aromatic rings. The van der Waals surface area contributed by atoms with E-state index in [1.54, 1.807) is 20.4 Å². The van der Waals surface area contributed by atoms with Gasteiger partial charge in [-0.25, -0.2) is 0 Å². The van der Waals surface area contributed by atoms with E-state index >= 15 is 0 Å². The number of nitrogens with one attached hydrogen (secondary N) is 1. The predicted molar refractivity (Wildman–Crippen MR) is 80.1 cm³/mol. The standard InChI is InChI=1S/C16H18N2O3/c1-20-12-9-13(21-2)14(12)16(19)18-11-7-3-5-10-6-4-8-17-15(10)11/h3-8,12-14H,9H2,1-2H3,(H,18,19). The predicted octanol–water partition coefficient (Wildman–Crippen LogP) is 2.22. The summed E-state index contributed by atoms with van der Waals surface area (Å²) in [4.78, 5) is 16.8. The summed E-state index contributed by atoms with van der Waals surface area (Å²) >= 11 is 0. The first-order chi connectivity index (χ1) is 10.2. The molecule has 1 aromatic carbocycles. The second-order valence-corrected chi connectivity index (χ2v) is 5.18. The Morgan fingerprint density at radius 1 is 1.19 bits per heavy atom. The van der Waals surface area contributed by atoms with Crippen molar-refractivity contribution in [2.24, 2.45) is 5.92 Å². The number of ether oxygens (including phenoxy) is 2. The lowest BCUT2D eigenvalue weighted by molar-refractivity contribution is -0.154. The van der Waals surface area contributed by atoms with Crippen LogP contribution in [0.25, 0.3) is 10.9 Å². The van der Waals surface area contributed by atoms with Gasteiger partial charge in [0.1, 0.15) is 0 Å². The van der Waals surface area contributed by atoms with Gasteiger partial charge < -0.3 is 14.8 Å². The van der Waals surface area contributed by atoms with Crippen molar-refractivity contribution in [1.82, 2.24) is 4.98 Å². The molecule has 5 nitrogen and oxygen atoms in total. The van der Waals surface area contributed by atoms with E-state index in [2.05, 4.69) is 10.3 Å². The topological polar surface area (TPSA) is 60.5 Å². The maximum Gasteiger partial charge on any atom is 0.232 e. The van der Waals surface area contributed by atoms with Crippen molar-refractivity contribution in [2.45, 2.75) is 18.6 Å². The van der Waals surface area contributed by atoms with E-state index in [9.17, 15) is 4.79 Å². The lowest BCUT2D eigenvalue weighted by atomic mass is 9.77. The maximum absolute atomic E-state index is 12.5. The molecule has 1 heterocycles. The summed E-state index contributed by atoms with van der Waals surface area (Å²) in [5.41, 5.74) is 1.50. The van der Waals surface area contributed by atoms with Crippen LogP contribution in [0.4, 0.5) is 5.69 Å². The number of hydrogen-bond acceptors (Lipinski definition) is 4. The summed E-state index contributed by atoms with van der Waals surface area (Å²) in [6.07, 6.45) is 2.30. The Kier molecular flexibility index (Phi) is 3.86. The van der Waals surface area contributed by atoms with Crippen molar-refractivity contribution in [3.8, 4) is 0 Å². The monoisotopic (exact) mass is 286 g/mol. The highest BCUT2D eigenvalue weighted by atomic mass is 16.5. The molecule has 3 rings (SSSR count). The van der Waals surface area contributed by atoms with E-state index in [0.29, 0.717) is 0 Å². The highest BCUT2D eigenvalue weighted by Gasteiger charge is 2.46. The zero-order chi connectivity index (χ0) is 14.8. The molecule has 2 unspecified atom stereocenters. The number of fused-ring (bicyclic) bond motifs is 1. The van der Waals surface area contributed by atoms with Gasteiger partial charge in [0.2, 0.25) is 5.91 Å². The number of rotatable bonds is 4. The Labute approximate surface area is 123 Å². The number of methoxy groups -OCH3 is 2. The maximum atomic E-state index is 12.5. The quantitative estimate of drug-likeness (QED) is 0.936. The molecule has 0 saturated heterocycles. The van der Waals surface area contributed by atoms with Crippen LogP contribution >= 0.6 is 0 Å². The largest absolute Gasteiger partial charge is 0.380 e. The number of pyridine rings is 1. The van der Waals surface area contributed by atoms with Crippen molar-refractivity contribution in [3.05, 3.63) is 36.5 Å². The molecule has 21 heavy (non-hydrogen) atoms. The number of amides is 1. The summed E-state index contributed by atoms with van der Waals surface area (Å²) in [5.74, 6) is -0.364. The summed E-state index contributed by atoms with van der Waals surface area (Å²) in [5, 5.41) is 3.95. The number of carbonyl (C=O) groups excluding carboxylic acids is 1. The molecule has 1 aliphatic rings. The second kappa shape index (κ2) is 5.79. The van der Waals surface area contributed by atoms with Crippen LogP contribution in [-0.4, -0.2) is 37.3 Å². The third kappa shape index (κ3) is 2.50. The van der Waals surface area contributed by atoms with Gasteiger partial charge in [-0.3, -0.25) is 9.78 Å². The first kappa shape index (κ1) is 14.0. The van der Waals surface area contributed by atoms with Gasteiger partial charge in [-0.1, -0.05) is 18.2 Å². The smallest absolute Gasteiger partial charge is 0.232 e. The van der Waals surface area contributed by atoms with E-state index in [4.69, 9.17) is 9.47 Å². The number of aromatic nitrogens is 1. The van der Waals surface area contributed by atoms with Crippen LogP contribution < -0.4 is 5.32 Å². The number of carbonyl (C=O) groups is 1. The van der Waals surface area contributed by atoms with Gasteiger partial charge in [0.15, 0.2) is 0 Å². The second-order valence-electron chi connectivity index (χ2n) is 5.18. The van der Waals surface area contributed by atoms with Crippen LogP contribution in [0, 0.1) is 5.92 Å². The molecule has 1 N–H and O–H groups in total. The molecule has 0 bridgehead atoms. The molecule has 0 radical (unpaired) electrons. The highest BCUT2D eigenvalue weighted by molar-refractivity contribution is 6.01. The third-order valence-corrected chi connectivity index (χ3v) is 4.06. The average Bonchev–Trinajstić information content (AvgIpc) is 2.47. The van der Waals surface area contributed by atoms with Crippen molar-refractivity contribution < 1.29 is 14.3 Å². The van der Waals surface area contributed by atoms with E-state index in [1.807, 2.05) is 30.3 Å². The zero-order valence-electron chi connectivity index (χ0n) is 12.1. The van der Waals surface area contributed by atoms with E-state index < -0.39 is 0 Å². The molecule has 110 valence electrons. The summed E-state index contributed by atoms with van der Waals surface area (Å²) in [7, 11) is 3.24. The normalized spacial score (nSPS) is 24.6. The average molecular weight is 286 g/mol. The first-order valence-electron chi connectivity index (χ1n) is 6.95. The van der Waals surface area contributed by atoms with Crippen molar-refractivity contribution in [1.29, 1.82) is 0 Å². The van der Waals surface area contributed by atoms with E-state index in [-0.39, 0.29) is 24.0 Å². The fourth-order valence-electron chi connectivity index (χ4n) is 2.81. The van der Waals surface area contributed by atoms with Gasteiger partial charge in [-0.15, -0.1) is 0 Å². The Morgan fingerprint density at radius 3 is 2.62 bits per heavy atom. The number of para-hydroxylation sites is 1. The van der Waals surface area contributed by atoms with Gasteiger partial charge in [-0.05, 0) is 12.1 Å². The van der Waals surface area contributed by atoms with Crippen LogP contribution in [0.2, 0.25) is 0 Å². The molecule has 2 atom stereocenters. The lowest BCUT2D eigenvalue weighted by Gasteiger charge is -2.41. The highest BCUT2D eigenvalue weighted by Crippen LogP contribution is 2.34. The first-order valence-corrected chi connectivity index (χ1v) is 6.95. The molecule has 1 amide bonds. The molecule has 0 spiro atoms. The number of hydrogen-bond donors (Lipinski definition) is 1. The SMILES string of the molecule is COC1CC(OC)C1C(=O)Nc1cccc2cccnc12. The molecule has 1 aliphatic carbocycles. The van der Waals surface area contributed by atoms with Crippen molar-refractivity contribution >= 4 is 22.5 Å². The van der Waals surface area contributed by atoms with Crippen LogP contribution in [0.15, 0.2) is 36.5 Å². The third-order valence-electron chi connectivity index (χ3n) is 4.06. The molecule has 1 aromatic heterocycles. The molecule has 5 heteroatoms. The minimum absolute atomic E-state index is 0.0851.